The number of ketones is 1. The lowest BCUT2D eigenvalue weighted by atomic mass is 9.78. The average molecular weight is 262 g/mol. The molecule has 2 nitrogen and oxygen atoms in total. The Morgan fingerprint density at radius 3 is 2.65 bits per heavy atom. The van der Waals surface area contributed by atoms with Crippen molar-refractivity contribution in [1.82, 2.24) is 0 Å². The van der Waals surface area contributed by atoms with E-state index in [9.17, 15) is 9.59 Å². The van der Waals surface area contributed by atoms with Gasteiger partial charge in [0.2, 0.25) is 5.78 Å². The number of carbonyl (C=O) groups is 2. The normalized spacial score (nSPS) is 16.6. The van der Waals surface area contributed by atoms with Gasteiger partial charge in [0, 0.05) is 0 Å². The highest BCUT2D eigenvalue weighted by molar-refractivity contribution is 6.29. The average Bonchev–Trinajstić information content (AvgIpc) is 2.47. The minimum absolute atomic E-state index is 0.389. The van der Waals surface area contributed by atoms with Crippen LogP contribution in [0.4, 0.5) is 0 Å². The summed E-state index contributed by atoms with van der Waals surface area (Å²) in [5.74, 6) is -0.857. The van der Waals surface area contributed by atoms with Crippen LogP contribution in [0.15, 0.2) is 54.6 Å². The number of hydrogen-bond donors (Lipinski definition) is 0. The Kier molecular flexibility index (Phi) is 3.07. The Morgan fingerprint density at radius 1 is 1.20 bits per heavy atom. The molecule has 0 radical (unpaired) electrons. The highest BCUT2D eigenvalue weighted by Gasteiger charge is 2.28. The fourth-order valence-electron chi connectivity index (χ4n) is 2.99. The van der Waals surface area contributed by atoms with Gasteiger partial charge in [0.15, 0.2) is 6.29 Å². The van der Waals surface area contributed by atoms with Gasteiger partial charge in [-0.1, -0.05) is 54.1 Å². The predicted octanol–water partition coefficient (Wildman–Crippen LogP) is 3.66. The van der Waals surface area contributed by atoms with Crippen LogP contribution in [0.5, 0.6) is 0 Å². The molecule has 0 amide bonds. The number of rotatable bonds is 4. The van der Waals surface area contributed by atoms with Crippen molar-refractivity contribution in [2.75, 3.05) is 0 Å². The lowest BCUT2D eigenvalue weighted by Gasteiger charge is -2.24. The highest BCUT2D eigenvalue weighted by atomic mass is 16.2. The van der Waals surface area contributed by atoms with Crippen molar-refractivity contribution in [1.29, 1.82) is 0 Å². The van der Waals surface area contributed by atoms with Crippen LogP contribution in [0.3, 0.4) is 0 Å². The third-order valence-corrected chi connectivity index (χ3v) is 3.77. The van der Waals surface area contributed by atoms with Crippen molar-refractivity contribution in [2.45, 2.75) is 12.3 Å². The van der Waals surface area contributed by atoms with Gasteiger partial charge in [-0.05, 0) is 28.3 Å². The quantitative estimate of drug-likeness (QED) is 0.478. The summed E-state index contributed by atoms with van der Waals surface area (Å²) in [6, 6.07) is 12.0. The largest absolute Gasteiger partial charge is 0.295 e. The van der Waals surface area contributed by atoms with Gasteiger partial charge in [-0.15, -0.1) is 6.58 Å². The lowest BCUT2D eigenvalue weighted by molar-refractivity contribution is -0.130. The molecule has 0 fully saturated rings. The molecule has 2 aromatic carbocycles. The van der Waals surface area contributed by atoms with Crippen molar-refractivity contribution >= 4 is 28.9 Å². The van der Waals surface area contributed by atoms with E-state index in [0.29, 0.717) is 12.7 Å². The van der Waals surface area contributed by atoms with E-state index in [0.717, 1.165) is 27.5 Å². The second-order valence-corrected chi connectivity index (χ2v) is 4.96. The first-order valence-electron chi connectivity index (χ1n) is 6.58. The van der Waals surface area contributed by atoms with Gasteiger partial charge in [-0.3, -0.25) is 9.59 Å². The Hall–Kier alpha value is -2.48. The molecule has 1 atom stereocenters. The maximum atomic E-state index is 12.1. The summed E-state index contributed by atoms with van der Waals surface area (Å²) in [4.78, 5) is 23.0. The highest BCUT2D eigenvalue weighted by Crippen LogP contribution is 2.40. The van der Waals surface area contributed by atoms with Gasteiger partial charge in [0.05, 0.1) is 5.92 Å². The van der Waals surface area contributed by atoms with Gasteiger partial charge in [0.1, 0.15) is 0 Å². The topological polar surface area (TPSA) is 34.1 Å². The molecular weight excluding hydrogens is 248 g/mol. The first kappa shape index (κ1) is 12.5. The van der Waals surface area contributed by atoms with Crippen LogP contribution in [0.25, 0.3) is 16.8 Å². The third-order valence-electron chi connectivity index (χ3n) is 3.77. The zero-order valence-corrected chi connectivity index (χ0v) is 11.0. The molecule has 0 aliphatic heterocycles. The van der Waals surface area contributed by atoms with E-state index in [4.69, 9.17) is 0 Å². The van der Waals surface area contributed by atoms with Gasteiger partial charge in [-0.2, -0.15) is 0 Å². The van der Waals surface area contributed by atoms with Crippen LogP contribution in [-0.2, 0) is 9.59 Å². The molecule has 1 unspecified atom stereocenters. The summed E-state index contributed by atoms with van der Waals surface area (Å²) in [7, 11) is 0. The van der Waals surface area contributed by atoms with Crippen LogP contribution >= 0.6 is 0 Å². The van der Waals surface area contributed by atoms with Crippen molar-refractivity contribution in [3.05, 3.63) is 65.8 Å². The Bertz CT molecular complexity index is 748. The van der Waals surface area contributed by atoms with Gasteiger partial charge in [0.25, 0.3) is 0 Å². The fourth-order valence-corrected chi connectivity index (χ4v) is 2.99. The van der Waals surface area contributed by atoms with Gasteiger partial charge in [-0.25, -0.2) is 0 Å². The molecule has 1 aliphatic rings. The van der Waals surface area contributed by atoms with E-state index in [-0.39, 0.29) is 5.78 Å². The van der Waals surface area contributed by atoms with Crippen molar-refractivity contribution in [3.8, 4) is 0 Å². The lowest BCUT2D eigenvalue weighted by Crippen LogP contribution is -2.18. The molecule has 2 aromatic rings. The number of hydrogen-bond acceptors (Lipinski definition) is 2. The van der Waals surface area contributed by atoms with Crippen molar-refractivity contribution < 1.29 is 9.59 Å². The molecule has 2 heteroatoms. The summed E-state index contributed by atoms with van der Waals surface area (Å²) < 4.78 is 0. The summed E-state index contributed by atoms with van der Waals surface area (Å²) in [6.45, 7) is 3.74. The van der Waals surface area contributed by atoms with Crippen LogP contribution in [0, 0.1) is 0 Å². The van der Waals surface area contributed by atoms with E-state index in [1.54, 1.807) is 6.08 Å². The van der Waals surface area contributed by atoms with E-state index in [1.165, 1.54) is 0 Å². The van der Waals surface area contributed by atoms with E-state index >= 15 is 0 Å². The number of allylic oxidation sites excluding steroid dienone is 2. The monoisotopic (exact) mass is 262 g/mol. The molecule has 0 heterocycles. The molecule has 0 bridgehead atoms. The molecule has 0 saturated heterocycles. The Labute approximate surface area is 117 Å². The van der Waals surface area contributed by atoms with Crippen molar-refractivity contribution in [3.63, 3.8) is 0 Å². The molecule has 20 heavy (non-hydrogen) atoms. The van der Waals surface area contributed by atoms with E-state index in [1.807, 2.05) is 42.5 Å². The molecule has 3 rings (SSSR count). The number of aldehydes is 1. The van der Waals surface area contributed by atoms with Crippen LogP contribution < -0.4 is 0 Å². The van der Waals surface area contributed by atoms with Gasteiger partial charge >= 0.3 is 0 Å². The predicted molar refractivity (Wildman–Crippen MR) is 80.6 cm³/mol. The van der Waals surface area contributed by atoms with Crippen molar-refractivity contribution in [2.24, 2.45) is 0 Å². The van der Waals surface area contributed by atoms with Crippen LogP contribution in [0.1, 0.15) is 23.5 Å². The van der Waals surface area contributed by atoms with Crippen LogP contribution in [-0.4, -0.2) is 12.1 Å². The molecular formula is C18H14O2. The molecule has 0 aromatic heterocycles. The number of Topliss-reactive ketones (excluding diaryl/α,β-unsaturated/α-hetero) is 1. The second-order valence-electron chi connectivity index (χ2n) is 4.96. The standard InChI is InChI=1S/C18H14O2/c1-2-5-13-10-14-8-3-6-12-7-4-9-15(17(12)14)18(13)16(20)11-19/h2-4,6-11,18H,1,5H2. The third kappa shape index (κ3) is 1.81. The molecule has 0 saturated carbocycles. The summed E-state index contributed by atoms with van der Waals surface area (Å²) >= 11 is 0. The Balaban J connectivity index is 2.33. The fraction of sp³-hybridized carbons (Fsp3) is 0.111. The summed E-state index contributed by atoms with van der Waals surface area (Å²) in [5, 5.41) is 2.17. The second kappa shape index (κ2) is 4.89. The van der Waals surface area contributed by atoms with E-state index < -0.39 is 5.92 Å². The minimum Gasteiger partial charge on any atom is -0.295 e. The molecule has 1 aliphatic carbocycles. The molecule has 0 spiro atoms. The first-order chi connectivity index (χ1) is 9.76. The zero-order valence-electron chi connectivity index (χ0n) is 11.0. The Morgan fingerprint density at radius 2 is 1.95 bits per heavy atom. The SMILES string of the molecule is C=CCC1=Cc2cccc3cccc(c23)C1C(=O)C=O. The molecule has 0 N–H and O–H groups in total. The minimum atomic E-state index is -0.468. The number of carbonyl (C=O) groups excluding carboxylic acids is 2. The maximum absolute atomic E-state index is 12.1. The maximum Gasteiger partial charge on any atom is 0.206 e. The number of benzene rings is 2. The van der Waals surface area contributed by atoms with Crippen LogP contribution in [0.2, 0.25) is 0 Å². The summed E-state index contributed by atoms with van der Waals surface area (Å²) in [5.41, 5.74) is 2.96. The molecule has 98 valence electrons. The summed E-state index contributed by atoms with van der Waals surface area (Å²) in [6.07, 6.45) is 4.82. The smallest absolute Gasteiger partial charge is 0.206 e. The van der Waals surface area contributed by atoms with Gasteiger partial charge < -0.3 is 0 Å². The first-order valence-corrected chi connectivity index (χ1v) is 6.58. The zero-order chi connectivity index (χ0) is 14.1. The van der Waals surface area contributed by atoms with E-state index in [2.05, 4.69) is 6.58 Å².